The van der Waals surface area contributed by atoms with Gasteiger partial charge in [-0.2, -0.15) is 0 Å². The molecule has 0 aliphatic rings. The average Bonchev–Trinajstić information content (AvgIpc) is 2.88. The monoisotopic (exact) mass is 445 g/mol. The average molecular weight is 446 g/mol. The zero-order chi connectivity index (χ0) is 23.3. The number of carboxylic acid groups (broad SMARTS) is 1. The van der Waals surface area contributed by atoms with E-state index in [-0.39, 0.29) is 0 Å². The fraction of sp³-hybridized carbons (Fsp3) is 0.103. The summed E-state index contributed by atoms with van der Waals surface area (Å²) in [6.45, 7) is 0. The van der Waals surface area contributed by atoms with Crippen molar-refractivity contribution >= 4 is 16.9 Å². The van der Waals surface area contributed by atoms with Crippen LogP contribution in [0.1, 0.15) is 28.2 Å². The normalized spacial score (nSPS) is 11.9. The molecule has 1 N–H and O–H groups in total. The van der Waals surface area contributed by atoms with Crippen LogP contribution in [0.5, 0.6) is 0 Å². The predicted octanol–water partition coefficient (Wildman–Crippen LogP) is 5.69. The number of benzene rings is 2. The summed E-state index contributed by atoms with van der Waals surface area (Å²) in [7, 11) is 0. The molecule has 0 saturated heterocycles. The van der Waals surface area contributed by atoms with Crippen molar-refractivity contribution in [3.63, 3.8) is 0 Å². The third-order valence-corrected chi connectivity index (χ3v) is 6.01. The lowest BCUT2D eigenvalue weighted by Gasteiger charge is -2.15. The zero-order valence-corrected chi connectivity index (χ0v) is 18.5. The van der Waals surface area contributed by atoms with Gasteiger partial charge in [0, 0.05) is 41.9 Å². The summed E-state index contributed by atoms with van der Waals surface area (Å²) >= 11 is 0. The maximum absolute atomic E-state index is 12.0. The molecule has 0 bridgehead atoms. The largest absolute Gasteiger partial charge is 0.481 e. The Kier molecular flexibility index (Phi) is 6.08. The molecule has 1 unspecified atom stereocenters. The van der Waals surface area contributed by atoms with Gasteiger partial charge in [0.25, 0.3) is 0 Å². The van der Waals surface area contributed by atoms with E-state index in [1.165, 1.54) is 11.1 Å². The maximum atomic E-state index is 12.0. The standard InChI is InChI=1S/C29H23N3O2/c33-29(34)27(23-8-13-31-14-9-23)18-21-3-1-4-24(16-21)26-19-22(15-20-6-11-30-12-7-20)17-25-5-2-10-32-28(25)26/h1-14,16-17,19,27H,15,18H2,(H,33,34). The van der Waals surface area contributed by atoms with Gasteiger partial charge in [0.1, 0.15) is 0 Å². The van der Waals surface area contributed by atoms with Crippen molar-refractivity contribution in [2.24, 2.45) is 0 Å². The molecule has 0 amide bonds. The number of rotatable bonds is 7. The third-order valence-electron chi connectivity index (χ3n) is 6.01. The van der Waals surface area contributed by atoms with E-state index in [2.05, 4.69) is 45.3 Å². The van der Waals surface area contributed by atoms with Crippen molar-refractivity contribution in [3.8, 4) is 11.1 Å². The molecule has 0 aliphatic heterocycles. The number of fused-ring (bicyclic) bond motifs is 1. The van der Waals surface area contributed by atoms with Gasteiger partial charge in [-0.25, -0.2) is 0 Å². The number of carbonyl (C=O) groups is 1. The number of aliphatic carboxylic acids is 1. The molecule has 5 rings (SSSR count). The van der Waals surface area contributed by atoms with Gasteiger partial charge >= 0.3 is 5.97 Å². The molecule has 1 atom stereocenters. The molecule has 0 fully saturated rings. The van der Waals surface area contributed by atoms with Crippen LogP contribution in [0, 0.1) is 0 Å². The Hall–Kier alpha value is -4.38. The molecular formula is C29H23N3O2. The molecule has 3 aromatic heterocycles. The molecule has 3 heterocycles. The fourth-order valence-corrected chi connectivity index (χ4v) is 4.36. The number of hydrogen-bond donors (Lipinski definition) is 1. The van der Waals surface area contributed by atoms with Crippen LogP contribution in [0.25, 0.3) is 22.0 Å². The van der Waals surface area contributed by atoms with Gasteiger partial charge < -0.3 is 5.11 Å². The van der Waals surface area contributed by atoms with E-state index < -0.39 is 11.9 Å². The fourth-order valence-electron chi connectivity index (χ4n) is 4.36. The van der Waals surface area contributed by atoms with E-state index in [0.29, 0.717) is 6.42 Å². The van der Waals surface area contributed by atoms with Gasteiger partial charge in [0.2, 0.25) is 0 Å². The lowest BCUT2D eigenvalue weighted by atomic mass is 9.90. The predicted molar refractivity (Wildman–Crippen MR) is 133 cm³/mol. The van der Waals surface area contributed by atoms with Crippen LogP contribution in [0.3, 0.4) is 0 Å². The van der Waals surface area contributed by atoms with Crippen molar-refractivity contribution in [2.45, 2.75) is 18.8 Å². The topological polar surface area (TPSA) is 76.0 Å². The van der Waals surface area contributed by atoms with Gasteiger partial charge in [-0.1, -0.05) is 30.3 Å². The highest BCUT2D eigenvalue weighted by Crippen LogP contribution is 2.31. The minimum atomic E-state index is -0.844. The summed E-state index contributed by atoms with van der Waals surface area (Å²) in [5.74, 6) is -1.48. The Bertz CT molecular complexity index is 1440. The summed E-state index contributed by atoms with van der Waals surface area (Å²) in [6, 6.07) is 24.1. The minimum absolute atomic E-state index is 0.398. The van der Waals surface area contributed by atoms with Crippen molar-refractivity contribution in [3.05, 3.63) is 126 Å². The molecule has 0 radical (unpaired) electrons. The molecule has 0 saturated carbocycles. The van der Waals surface area contributed by atoms with Crippen LogP contribution >= 0.6 is 0 Å². The molecule has 5 heteroatoms. The second kappa shape index (κ2) is 9.63. The summed E-state index contributed by atoms with van der Waals surface area (Å²) in [5.41, 5.74) is 7.09. The van der Waals surface area contributed by atoms with Gasteiger partial charge in [0.15, 0.2) is 0 Å². The van der Waals surface area contributed by atoms with Crippen LogP contribution in [-0.2, 0) is 17.6 Å². The molecule has 5 nitrogen and oxygen atoms in total. The van der Waals surface area contributed by atoms with Gasteiger partial charge in [-0.05, 0) is 83.1 Å². The number of pyridine rings is 3. The third kappa shape index (κ3) is 4.69. The second-order valence-corrected chi connectivity index (χ2v) is 8.33. The number of aromatic nitrogens is 3. The first-order valence-electron chi connectivity index (χ1n) is 11.2. The van der Waals surface area contributed by atoms with Crippen LogP contribution in [0.2, 0.25) is 0 Å². The quantitative estimate of drug-likeness (QED) is 0.348. The summed E-state index contributed by atoms with van der Waals surface area (Å²) in [4.78, 5) is 24.8. The highest BCUT2D eigenvalue weighted by Gasteiger charge is 2.20. The van der Waals surface area contributed by atoms with Crippen LogP contribution in [-0.4, -0.2) is 26.0 Å². The van der Waals surface area contributed by atoms with Gasteiger partial charge in [-0.15, -0.1) is 0 Å². The van der Waals surface area contributed by atoms with Crippen LogP contribution < -0.4 is 0 Å². The van der Waals surface area contributed by atoms with E-state index in [1.54, 1.807) is 24.5 Å². The Morgan fingerprint density at radius 3 is 2.29 bits per heavy atom. The van der Waals surface area contributed by atoms with Crippen molar-refractivity contribution < 1.29 is 9.90 Å². The Balaban J connectivity index is 1.53. The van der Waals surface area contributed by atoms with Gasteiger partial charge in [-0.3, -0.25) is 19.7 Å². The summed E-state index contributed by atoms with van der Waals surface area (Å²) < 4.78 is 0. The van der Waals surface area contributed by atoms with Crippen LogP contribution in [0.15, 0.2) is 104 Å². The molecule has 2 aromatic carbocycles. The van der Waals surface area contributed by atoms with Crippen LogP contribution in [0.4, 0.5) is 0 Å². The van der Waals surface area contributed by atoms with Crippen molar-refractivity contribution in [1.29, 1.82) is 0 Å². The molecular weight excluding hydrogens is 422 g/mol. The highest BCUT2D eigenvalue weighted by molar-refractivity contribution is 5.94. The second-order valence-electron chi connectivity index (χ2n) is 8.33. The Labute approximate surface area is 197 Å². The zero-order valence-electron chi connectivity index (χ0n) is 18.5. The lowest BCUT2D eigenvalue weighted by molar-refractivity contribution is -0.138. The molecule has 166 valence electrons. The molecule has 5 aromatic rings. The first-order chi connectivity index (χ1) is 16.7. The SMILES string of the molecule is O=C(O)C(Cc1cccc(-c2cc(Cc3ccncc3)cc3cccnc23)c1)c1ccncc1. The van der Waals surface area contributed by atoms with Crippen molar-refractivity contribution in [2.75, 3.05) is 0 Å². The maximum Gasteiger partial charge on any atom is 0.311 e. The highest BCUT2D eigenvalue weighted by atomic mass is 16.4. The number of carboxylic acids is 1. The van der Waals surface area contributed by atoms with Gasteiger partial charge in [0.05, 0.1) is 11.4 Å². The molecule has 34 heavy (non-hydrogen) atoms. The Morgan fingerprint density at radius 2 is 1.53 bits per heavy atom. The summed E-state index contributed by atoms with van der Waals surface area (Å²) in [5, 5.41) is 10.9. The smallest absolute Gasteiger partial charge is 0.311 e. The molecule has 0 aliphatic carbocycles. The van der Waals surface area contributed by atoms with Crippen molar-refractivity contribution in [1.82, 2.24) is 15.0 Å². The van der Waals surface area contributed by atoms with E-state index in [0.717, 1.165) is 39.6 Å². The Morgan fingerprint density at radius 1 is 0.765 bits per heavy atom. The molecule has 0 spiro atoms. The first-order valence-corrected chi connectivity index (χ1v) is 11.2. The number of hydrogen-bond acceptors (Lipinski definition) is 4. The number of nitrogens with zero attached hydrogens (tertiary/aromatic N) is 3. The van der Waals surface area contributed by atoms with E-state index in [9.17, 15) is 9.90 Å². The van der Waals surface area contributed by atoms with E-state index in [1.807, 2.05) is 48.9 Å². The summed E-state index contributed by atoms with van der Waals surface area (Å²) in [6.07, 6.45) is 9.89. The first kappa shape index (κ1) is 21.5. The lowest BCUT2D eigenvalue weighted by Crippen LogP contribution is -2.14. The minimum Gasteiger partial charge on any atom is -0.481 e. The van der Waals surface area contributed by atoms with E-state index >= 15 is 0 Å². The van der Waals surface area contributed by atoms with E-state index in [4.69, 9.17) is 0 Å².